The summed E-state index contributed by atoms with van der Waals surface area (Å²) in [5, 5.41) is 11.0. The number of nitro groups is 1. The summed E-state index contributed by atoms with van der Waals surface area (Å²) in [6.07, 6.45) is 0.798. The largest absolute Gasteiger partial charge is 0.320 e. The van der Waals surface area contributed by atoms with E-state index in [4.69, 9.17) is 5.73 Å². The Bertz CT molecular complexity index is 680. The average molecular weight is 284 g/mol. The predicted octanol–water partition coefficient (Wildman–Crippen LogP) is 3.82. The van der Waals surface area contributed by atoms with Crippen molar-refractivity contribution >= 4 is 5.69 Å². The number of rotatable bonds is 4. The van der Waals surface area contributed by atoms with Crippen LogP contribution in [0.3, 0.4) is 0 Å². The van der Waals surface area contributed by atoms with E-state index in [0.29, 0.717) is 0 Å². The molecule has 0 aromatic heterocycles. The number of hydrogen-bond donors (Lipinski definition) is 1. The number of nitrogens with zero attached hydrogens (tertiary/aromatic N) is 1. The van der Waals surface area contributed by atoms with E-state index in [1.54, 1.807) is 12.1 Å². The zero-order chi connectivity index (χ0) is 15.6. The summed E-state index contributed by atoms with van der Waals surface area (Å²) in [5.41, 5.74) is 11.6. The van der Waals surface area contributed by atoms with Crippen LogP contribution in [-0.2, 0) is 6.42 Å². The lowest BCUT2D eigenvalue weighted by Gasteiger charge is -2.19. The molecule has 2 rings (SSSR count). The fraction of sp³-hybridized carbons (Fsp3) is 0.294. The minimum atomic E-state index is -0.376. The quantitative estimate of drug-likeness (QED) is 0.685. The van der Waals surface area contributed by atoms with E-state index in [1.165, 1.54) is 6.07 Å². The van der Waals surface area contributed by atoms with E-state index < -0.39 is 0 Å². The van der Waals surface area contributed by atoms with Gasteiger partial charge in [-0.25, -0.2) is 0 Å². The molecular weight excluding hydrogens is 264 g/mol. The molecule has 0 saturated heterocycles. The molecule has 2 aromatic rings. The number of non-ortho nitro benzene ring substituents is 1. The van der Waals surface area contributed by atoms with Crippen molar-refractivity contribution in [3.8, 4) is 0 Å². The number of nitro benzene ring substituents is 1. The lowest BCUT2D eigenvalue weighted by atomic mass is 9.90. The Morgan fingerprint density at radius 3 is 2.48 bits per heavy atom. The lowest BCUT2D eigenvalue weighted by Crippen LogP contribution is -2.16. The molecule has 2 aromatic carbocycles. The molecule has 0 aliphatic rings. The molecule has 21 heavy (non-hydrogen) atoms. The molecule has 0 radical (unpaired) electrons. The van der Waals surface area contributed by atoms with Gasteiger partial charge in [0.2, 0.25) is 0 Å². The molecule has 0 fully saturated rings. The van der Waals surface area contributed by atoms with Crippen molar-refractivity contribution in [1.29, 1.82) is 0 Å². The Morgan fingerprint density at radius 1 is 1.14 bits per heavy atom. The molecule has 0 aliphatic carbocycles. The van der Waals surface area contributed by atoms with Crippen LogP contribution in [0.2, 0.25) is 0 Å². The van der Waals surface area contributed by atoms with Gasteiger partial charge in [0.1, 0.15) is 0 Å². The zero-order valence-electron chi connectivity index (χ0n) is 12.6. The Labute approximate surface area is 124 Å². The van der Waals surface area contributed by atoms with Crippen molar-refractivity contribution in [3.63, 3.8) is 0 Å². The van der Waals surface area contributed by atoms with E-state index in [0.717, 1.165) is 34.2 Å². The Morgan fingerprint density at radius 2 is 1.86 bits per heavy atom. The Kier molecular flexibility index (Phi) is 4.38. The second-order valence-corrected chi connectivity index (χ2v) is 5.33. The minimum Gasteiger partial charge on any atom is -0.320 e. The maximum atomic E-state index is 11.0. The third-order valence-corrected chi connectivity index (χ3v) is 3.83. The molecule has 4 heteroatoms. The highest BCUT2D eigenvalue weighted by atomic mass is 16.6. The normalized spacial score (nSPS) is 12.2. The van der Waals surface area contributed by atoms with Crippen molar-refractivity contribution in [1.82, 2.24) is 0 Å². The SMILES string of the molecule is CCc1ccc([N+](=O)[O-])cc1C(N)c1cc(C)ccc1C. The second kappa shape index (κ2) is 6.06. The fourth-order valence-corrected chi connectivity index (χ4v) is 2.57. The van der Waals surface area contributed by atoms with Crippen LogP contribution in [0.15, 0.2) is 36.4 Å². The van der Waals surface area contributed by atoms with Crippen LogP contribution in [0, 0.1) is 24.0 Å². The van der Waals surface area contributed by atoms with E-state index in [-0.39, 0.29) is 16.7 Å². The summed E-state index contributed by atoms with van der Waals surface area (Å²) in [5.74, 6) is 0. The highest BCUT2D eigenvalue weighted by molar-refractivity contribution is 5.47. The molecule has 1 unspecified atom stereocenters. The van der Waals surface area contributed by atoms with Crippen LogP contribution in [-0.4, -0.2) is 4.92 Å². The van der Waals surface area contributed by atoms with Gasteiger partial charge >= 0.3 is 0 Å². The van der Waals surface area contributed by atoms with Gasteiger partial charge in [0.15, 0.2) is 0 Å². The molecule has 0 bridgehead atoms. The molecule has 0 spiro atoms. The summed E-state index contributed by atoms with van der Waals surface area (Å²) < 4.78 is 0. The van der Waals surface area contributed by atoms with Crippen molar-refractivity contribution in [2.45, 2.75) is 33.2 Å². The predicted molar refractivity (Wildman–Crippen MR) is 84.4 cm³/mol. The molecule has 4 nitrogen and oxygen atoms in total. The van der Waals surface area contributed by atoms with Gasteiger partial charge in [0.25, 0.3) is 5.69 Å². The van der Waals surface area contributed by atoms with Crippen LogP contribution < -0.4 is 5.73 Å². The molecule has 110 valence electrons. The topological polar surface area (TPSA) is 69.2 Å². The summed E-state index contributed by atoms with van der Waals surface area (Å²) in [6.45, 7) is 6.06. The first-order chi connectivity index (χ1) is 9.93. The monoisotopic (exact) mass is 284 g/mol. The van der Waals surface area contributed by atoms with E-state index >= 15 is 0 Å². The van der Waals surface area contributed by atoms with E-state index in [1.807, 2.05) is 32.9 Å². The summed E-state index contributed by atoms with van der Waals surface area (Å²) >= 11 is 0. The average Bonchev–Trinajstić information content (AvgIpc) is 2.48. The van der Waals surface area contributed by atoms with Crippen LogP contribution in [0.5, 0.6) is 0 Å². The smallest absolute Gasteiger partial charge is 0.269 e. The minimum absolute atomic E-state index is 0.0861. The number of aryl methyl sites for hydroxylation is 3. The number of benzene rings is 2. The standard InChI is InChI=1S/C17H20N2O2/c1-4-13-7-8-14(19(20)21)10-16(13)17(18)15-9-11(2)5-6-12(15)3/h5-10,17H,4,18H2,1-3H3. The molecule has 2 N–H and O–H groups in total. The van der Waals surface area contributed by atoms with Gasteiger partial charge in [-0.15, -0.1) is 0 Å². The molecule has 0 saturated carbocycles. The van der Waals surface area contributed by atoms with Crippen LogP contribution in [0.4, 0.5) is 5.69 Å². The first-order valence-electron chi connectivity index (χ1n) is 7.04. The third-order valence-electron chi connectivity index (χ3n) is 3.83. The van der Waals surface area contributed by atoms with Crippen LogP contribution >= 0.6 is 0 Å². The van der Waals surface area contributed by atoms with E-state index in [9.17, 15) is 10.1 Å². The van der Waals surface area contributed by atoms with Gasteiger partial charge in [-0.3, -0.25) is 10.1 Å². The molecule has 0 amide bonds. The molecule has 0 aliphatic heterocycles. The van der Waals surface area contributed by atoms with Crippen molar-refractivity contribution in [2.75, 3.05) is 0 Å². The van der Waals surface area contributed by atoms with Crippen molar-refractivity contribution < 1.29 is 4.92 Å². The summed E-state index contributed by atoms with van der Waals surface area (Å²) in [4.78, 5) is 10.6. The van der Waals surface area contributed by atoms with Gasteiger partial charge < -0.3 is 5.73 Å². The van der Waals surface area contributed by atoms with Gasteiger partial charge in [-0.1, -0.05) is 36.8 Å². The Hall–Kier alpha value is -2.20. The van der Waals surface area contributed by atoms with Gasteiger partial charge in [-0.2, -0.15) is 0 Å². The highest BCUT2D eigenvalue weighted by Gasteiger charge is 2.18. The van der Waals surface area contributed by atoms with Gasteiger partial charge in [0.05, 0.1) is 11.0 Å². The van der Waals surface area contributed by atoms with Crippen LogP contribution in [0.1, 0.15) is 40.8 Å². The van der Waals surface area contributed by atoms with E-state index in [2.05, 4.69) is 6.07 Å². The molecule has 0 heterocycles. The lowest BCUT2D eigenvalue weighted by molar-refractivity contribution is -0.384. The maximum Gasteiger partial charge on any atom is 0.269 e. The van der Waals surface area contributed by atoms with Gasteiger partial charge in [0, 0.05) is 12.1 Å². The molecular formula is C17H20N2O2. The van der Waals surface area contributed by atoms with Crippen LogP contribution in [0.25, 0.3) is 0 Å². The first kappa shape index (κ1) is 15.2. The second-order valence-electron chi connectivity index (χ2n) is 5.33. The Balaban J connectivity index is 2.55. The maximum absolute atomic E-state index is 11.0. The summed E-state index contributed by atoms with van der Waals surface area (Å²) in [6, 6.07) is 10.7. The number of nitrogens with two attached hydrogens (primary N) is 1. The number of hydrogen-bond acceptors (Lipinski definition) is 3. The fourth-order valence-electron chi connectivity index (χ4n) is 2.57. The molecule has 1 atom stereocenters. The van der Waals surface area contributed by atoms with Crippen molar-refractivity contribution in [3.05, 3.63) is 74.3 Å². The van der Waals surface area contributed by atoms with Crippen molar-refractivity contribution in [2.24, 2.45) is 5.73 Å². The zero-order valence-corrected chi connectivity index (χ0v) is 12.6. The summed E-state index contributed by atoms with van der Waals surface area (Å²) in [7, 11) is 0. The van der Waals surface area contributed by atoms with Gasteiger partial charge in [-0.05, 0) is 42.5 Å². The first-order valence-corrected chi connectivity index (χ1v) is 7.04. The highest BCUT2D eigenvalue weighted by Crippen LogP contribution is 2.29. The third kappa shape index (κ3) is 3.11.